The average Bonchev–Trinajstić information content (AvgIpc) is 2.57. The number of hydrogen-bond acceptors (Lipinski definition) is 6. The molecule has 0 aromatic carbocycles. The maximum absolute atomic E-state index is 12.5. The third-order valence-electron chi connectivity index (χ3n) is 2.93. The highest BCUT2D eigenvalue weighted by molar-refractivity contribution is 7.48. The molecule has 0 saturated heterocycles. The third kappa shape index (κ3) is 12.8. The van der Waals surface area contributed by atoms with Crippen molar-refractivity contribution in [2.45, 2.75) is 59.3 Å². The van der Waals surface area contributed by atoms with Crippen LogP contribution in [0.4, 0.5) is 0 Å². The molecule has 0 heterocycles. The van der Waals surface area contributed by atoms with Crippen molar-refractivity contribution in [1.29, 1.82) is 0 Å². The number of phosphoric ester groups is 1. The van der Waals surface area contributed by atoms with Crippen molar-refractivity contribution in [2.75, 3.05) is 19.8 Å². The predicted molar refractivity (Wildman–Crippen MR) is 102 cm³/mol. The summed E-state index contributed by atoms with van der Waals surface area (Å²) in [6.07, 6.45) is 7.52. The van der Waals surface area contributed by atoms with Gasteiger partial charge in [-0.25, -0.2) is 9.36 Å². The van der Waals surface area contributed by atoms with Crippen molar-refractivity contribution in [3.05, 3.63) is 24.5 Å². The zero-order valence-corrected chi connectivity index (χ0v) is 17.0. The lowest BCUT2D eigenvalue weighted by atomic mass is 10.2. The van der Waals surface area contributed by atoms with Gasteiger partial charge in [-0.1, -0.05) is 6.08 Å². The lowest BCUT2D eigenvalue weighted by Gasteiger charge is -2.18. The Morgan fingerprint density at radius 2 is 1.65 bits per heavy atom. The molecule has 0 aliphatic rings. The Bertz CT molecular complexity index is 534. The lowest BCUT2D eigenvalue weighted by molar-refractivity contribution is -0.137. The van der Waals surface area contributed by atoms with E-state index < -0.39 is 13.8 Å². The molecule has 0 aliphatic heterocycles. The molecule has 26 heavy (non-hydrogen) atoms. The van der Waals surface area contributed by atoms with Crippen LogP contribution < -0.4 is 0 Å². The SMILES string of the molecule is C=CCCCC#CCCC/C(=C/C(=O)OCC)OP(=O)(OCC)OCC. The fourth-order valence-corrected chi connectivity index (χ4v) is 3.12. The Balaban J connectivity index is 4.77. The van der Waals surface area contributed by atoms with Gasteiger partial charge in [-0.3, -0.25) is 9.05 Å². The van der Waals surface area contributed by atoms with E-state index in [1.54, 1.807) is 20.8 Å². The summed E-state index contributed by atoms with van der Waals surface area (Å²) in [7, 11) is -3.75. The molecule has 0 aliphatic carbocycles. The van der Waals surface area contributed by atoms with Gasteiger partial charge in [0.2, 0.25) is 0 Å². The molecule has 0 bridgehead atoms. The predicted octanol–water partition coefficient (Wildman–Crippen LogP) is 5.16. The minimum Gasteiger partial charge on any atom is -0.463 e. The molecule has 0 spiro atoms. The molecule has 7 heteroatoms. The zero-order valence-electron chi connectivity index (χ0n) is 16.1. The quantitative estimate of drug-likeness (QED) is 0.0781. The van der Waals surface area contributed by atoms with Gasteiger partial charge in [0.05, 0.1) is 25.9 Å². The molecule has 0 rings (SSSR count). The number of hydrogen-bond donors (Lipinski definition) is 0. The topological polar surface area (TPSA) is 71.1 Å². The van der Waals surface area contributed by atoms with Crippen molar-refractivity contribution in [2.24, 2.45) is 0 Å². The third-order valence-corrected chi connectivity index (χ3v) is 4.54. The summed E-state index contributed by atoms with van der Waals surface area (Å²) >= 11 is 0. The first-order chi connectivity index (χ1) is 12.5. The van der Waals surface area contributed by atoms with Crippen molar-refractivity contribution < 1.29 is 27.7 Å². The molecule has 0 atom stereocenters. The normalized spacial score (nSPS) is 11.4. The minimum atomic E-state index is -3.75. The first kappa shape index (κ1) is 24.5. The number of rotatable bonds is 14. The Kier molecular flexibility index (Phi) is 14.8. The second kappa shape index (κ2) is 15.7. The van der Waals surface area contributed by atoms with Gasteiger partial charge in [0.15, 0.2) is 0 Å². The number of carbonyl (C=O) groups is 1. The van der Waals surface area contributed by atoms with E-state index in [2.05, 4.69) is 18.4 Å². The first-order valence-electron chi connectivity index (χ1n) is 9.03. The standard InChI is InChI=1S/C19H31O6P/c1-5-9-10-11-12-13-14-15-16-18(17-19(20)22-6-2)25-26(21,23-7-3)24-8-4/h5,17H,1,6-11,14-16H2,2-4H3/b18-17-. The van der Waals surface area contributed by atoms with E-state index in [9.17, 15) is 9.36 Å². The zero-order chi connectivity index (χ0) is 19.7. The minimum absolute atomic E-state index is 0.167. The van der Waals surface area contributed by atoms with E-state index in [4.69, 9.17) is 18.3 Å². The van der Waals surface area contributed by atoms with Crippen LogP contribution in [-0.2, 0) is 27.7 Å². The Morgan fingerprint density at radius 1 is 1.04 bits per heavy atom. The van der Waals surface area contributed by atoms with Crippen LogP contribution in [0.15, 0.2) is 24.5 Å². The molecule has 0 fully saturated rings. The summed E-state index contributed by atoms with van der Waals surface area (Å²) in [5.74, 6) is 5.82. The molecule has 148 valence electrons. The van der Waals surface area contributed by atoms with E-state index in [0.29, 0.717) is 19.3 Å². The molecule has 0 unspecified atom stereocenters. The molecule has 0 radical (unpaired) electrons. The summed E-state index contributed by atoms with van der Waals surface area (Å²) in [6, 6.07) is 0. The van der Waals surface area contributed by atoms with E-state index in [-0.39, 0.29) is 25.6 Å². The summed E-state index contributed by atoms with van der Waals surface area (Å²) < 4.78 is 33.0. The van der Waals surface area contributed by atoms with E-state index >= 15 is 0 Å². The van der Waals surface area contributed by atoms with Crippen LogP contribution in [0.3, 0.4) is 0 Å². The summed E-state index contributed by atoms with van der Waals surface area (Å²) in [4.78, 5) is 11.7. The van der Waals surface area contributed by atoms with Crippen LogP contribution in [-0.4, -0.2) is 25.8 Å². The van der Waals surface area contributed by atoms with Gasteiger partial charge in [-0.2, -0.15) is 0 Å². The molecule has 0 aromatic heterocycles. The Labute approximate surface area is 157 Å². The average molecular weight is 386 g/mol. The molecular formula is C19H31O6P. The summed E-state index contributed by atoms with van der Waals surface area (Å²) in [5, 5.41) is 0. The summed E-state index contributed by atoms with van der Waals surface area (Å²) in [5.41, 5.74) is 0. The maximum Gasteiger partial charge on any atom is 0.529 e. The highest BCUT2D eigenvalue weighted by atomic mass is 31.2. The lowest BCUT2D eigenvalue weighted by Crippen LogP contribution is -2.05. The van der Waals surface area contributed by atoms with Crippen molar-refractivity contribution in [3.63, 3.8) is 0 Å². The molecule has 0 saturated carbocycles. The Morgan fingerprint density at radius 3 is 2.19 bits per heavy atom. The van der Waals surface area contributed by atoms with E-state index in [1.807, 2.05) is 6.08 Å². The van der Waals surface area contributed by atoms with Gasteiger partial charge in [-0.15, -0.1) is 18.4 Å². The monoisotopic (exact) mass is 386 g/mol. The van der Waals surface area contributed by atoms with E-state index in [1.165, 1.54) is 6.08 Å². The van der Waals surface area contributed by atoms with Gasteiger partial charge >= 0.3 is 13.8 Å². The largest absolute Gasteiger partial charge is 0.529 e. The number of allylic oxidation sites excluding steroid dienone is 2. The molecular weight excluding hydrogens is 355 g/mol. The van der Waals surface area contributed by atoms with Crippen LogP contribution in [0, 0.1) is 11.8 Å². The number of ether oxygens (including phenoxy) is 1. The van der Waals surface area contributed by atoms with Crippen LogP contribution in [0.2, 0.25) is 0 Å². The number of esters is 1. The highest BCUT2D eigenvalue weighted by Gasteiger charge is 2.28. The van der Waals surface area contributed by atoms with Crippen molar-refractivity contribution in [1.82, 2.24) is 0 Å². The number of carbonyl (C=O) groups excluding carboxylic acids is 1. The molecule has 6 nitrogen and oxygen atoms in total. The number of unbranched alkanes of at least 4 members (excludes halogenated alkanes) is 3. The van der Waals surface area contributed by atoms with Gasteiger partial charge in [0.1, 0.15) is 5.76 Å². The molecule has 0 amide bonds. The maximum atomic E-state index is 12.5. The summed E-state index contributed by atoms with van der Waals surface area (Å²) in [6.45, 7) is 9.33. The van der Waals surface area contributed by atoms with Gasteiger partial charge in [0.25, 0.3) is 0 Å². The number of phosphoric acid groups is 1. The van der Waals surface area contributed by atoms with Gasteiger partial charge < -0.3 is 9.26 Å². The van der Waals surface area contributed by atoms with Gasteiger partial charge in [-0.05, 0) is 40.0 Å². The van der Waals surface area contributed by atoms with Crippen LogP contribution >= 0.6 is 7.82 Å². The van der Waals surface area contributed by atoms with Crippen LogP contribution in [0.25, 0.3) is 0 Å². The van der Waals surface area contributed by atoms with Crippen LogP contribution in [0.5, 0.6) is 0 Å². The fourth-order valence-electron chi connectivity index (χ4n) is 1.87. The first-order valence-corrected chi connectivity index (χ1v) is 10.5. The Hall–Kier alpha value is -1.54. The fraction of sp³-hybridized carbons (Fsp3) is 0.632. The molecule has 0 N–H and O–H groups in total. The van der Waals surface area contributed by atoms with Crippen LogP contribution in [0.1, 0.15) is 59.3 Å². The van der Waals surface area contributed by atoms with E-state index in [0.717, 1.165) is 19.3 Å². The highest BCUT2D eigenvalue weighted by Crippen LogP contribution is 2.51. The second-order valence-corrected chi connectivity index (χ2v) is 6.72. The van der Waals surface area contributed by atoms with Crippen molar-refractivity contribution >= 4 is 13.8 Å². The molecule has 0 aromatic rings. The smallest absolute Gasteiger partial charge is 0.463 e. The van der Waals surface area contributed by atoms with Gasteiger partial charge in [0, 0.05) is 19.3 Å². The van der Waals surface area contributed by atoms with Crippen molar-refractivity contribution in [3.8, 4) is 11.8 Å². The second-order valence-electron chi connectivity index (χ2n) is 5.12.